The Balaban J connectivity index is 1.57. The van der Waals surface area contributed by atoms with Gasteiger partial charge in [-0.05, 0) is 12.5 Å². The van der Waals surface area contributed by atoms with Crippen LogP contribution in [-0.4, -0.2) is 57.9 Å². The van der Waals surface area contributed by atoms with Gasteiger partial charge in [-0.3, -0.25) is 14.5 Å². The number of nitrogens with zero attached hydrogens (tertiary/aromatic N) is 4. The van der Waals surface area contributed by atoms with E-state index in [1.807, 2.05) is 0 Å². The normalized spacial score (nSPS) is 16.3. The van der Waals surface area contributed by atoms with Gasteiger partial charge in [-0.15, -0.1) is 0 Å². The molecule has 0 bridgehead atoms. The van der Waals surface area contributed by atoms with Gasteiger partial charge in [0.05, 0.1) is 18.4 Å². The van der Waals surface area contributed by atoms with Crippen molar-refractivity contribution in [3.63, 3.8) is 0 Å². The minimum atomic E-state index is -0.715. The predicted octanol–water partition coefficient (Wildman–Crippen LogP) is 0.110. The molecule has 0 aliphatic carbocycles. The highest BCUT2D eigenvalue weighted by atomic mass is 16.5. The molecule has 1 saturated heterocycles. The predicted molar refractivity (Wildman–Crippen MR) is 77.3 cm³/mol. The molecule has 1 aliphatic rings. The highest BCUT2D eigenvalue weighted by Crippen LogP contribution is 2.11. The summed E-state index contributed by atoms with van der Waals surface area (Å²) in [7, 11) is 0. The zero-order valence-corrected chi connectivity index (χ0v) is 12.5. The fraction of sp³-hybridized carbons (Fsp3) is 0.429. The van der Waals surface area contributed by atoms with Crippen molar-refractivity contribution in [2.75, 3.05) is 26.2 Å². The van der Waals surface area contributed by atoms with Crippen LogP contribution in [0.25, 0.3) is 0 Å². The van der Waals surface area contributed by atoms with Crippen LogP contribution >= 0.6 is 0 Å². The molecular formula is C14H17N5O4. The van der Waals surface area contributed by atoms with Gasteiger partial charge >= 0.3 is 0 Å². The molecule has 0 atom stereocenters. The molecule has 2 N–H and O–H groups in total. The fourth-order valence-corrected chi connectivity index (χ4v) is 2.51. The van der Waals surface area contributed by atoms with Crippen molar-refractivity contribution in [3.05, 3.63) is 35.9 Å². The molecule has 9 heteroatoms. The number of hydrogen-bond donors (Lipinski definition) is 1. The molecule has 2 aromatic rings. The van der Waals surface area contributed by atoms with Gasteiger partial charge < -0.3 is 19.6 Å². The molecule has 0 aromatic carbocycles. The number of hydrogen-bond acceptors (Lipinski definition) is 7. The van der Waals surface area contributed by atoms with E-state index in [0.29, 0.717) is 37.6 Å². The zero-order valence-electron chi connectivity index (χ0n) is 12.5. The fourth-order valence-electron chi connectivity index (χ4n) is 2.51. The van der Waals surface area contributed by atoms with Crippen molar-refractivity contribution in [2.45, 2.75) is 13.0 Å². The van der Waals surface area contributed by atoms with Crippen LogP contribution in [0.2, 0.25) is 0 Å². The second-order valence-corrected chi connectivity index (χ2v) is 5.31. The third kappa shape index (κ3) is 3.57. The number of primary amides is 1. The first-order valence-electron chi connectivity index (χ1n) is 7.29. The Bertz CT molecular complexity index is 681. The molecule has 3 heterocycles. The molecular weight excluding hydrogens is 302 g/mol. The van der Waals surface area contributed by atoms with Gasteiger partial charge in [0.15, 0.2) is 0 Å². The quantitative estimate of drug-likeness (QED) is 0.849. The summed E-state index contributed by atoms with van der Waals surface area (Å²) in [5.74, 6) is -0.526. The van der Waals surface area contributed by atoms with Crippen molar-refractivity contribution in [1.82, 2.24) is 19.9 Å². The van der Waals surface area contributed by atoms with Gasteiger partial charge in [0, 0.05) is 26.2 Å². The van der Waals surface area contributed by atoms with Crippen LogP contribution in [0.3, 0.4) is 0 Å². The molecule has 0 spiro atoms. The van der Waals surface area contributed by atoms with Gasteiger partial charge in [-0.1, -0.05) is 5.16 Å². The Labute approximate surface area is 132 Å². The van der Waals surface area contributed by atoms with E-state index in [1.165, 1.54) is 12.5 Å². The summed E-state index contributed by atoms with van der Waals surface area (Å²) >= 11 is 0. The number of furan rings is 1. The van der Waals surface area contributed by atoms with E-state index in [9.17, 15) is 9.59 Å². The molecule has 0 unspecified atom stereocenters. The lowest BCUT2D eigenvalue weighted by Gasteiger charge is -2.20. The average molecular weight is 319 g/mol. The van der Waals surface area contributed by atoms with E-state index in [-0.39, 0.29) is 11.7 Å². The van der Waals surface area contributed by atoms with E-state index >= 15 is 0 Å². The average Bonchev–Trinajstić information content (AvgIpc) is 3.16. The Hall–Kier alpha value is -2.68. The maximum absolute atomic E-state index is 12.3. The second kappa shape index (κ2) is 6.61. The van der Waals surface area contributed by atoms with Crippen molar-refractivity contribution in [3.8, 4) is 0 Å². The number of aromatic nitrogens is 2. The molecule has 1 fully saturated rings. The van der Waals surface area contributed by atoms with Crippen molar-refractivity contribution < 1.29 is 18.5 Å². The van der Waals surface area contributed by atoms with E-state index in [2.05, 4.69) is 15.0 Å². The van der Waals surface area contributed by atoms with Crippen molar-refractivity contribution in [1.29, 1.82) is 0 Å². The molecule has 9 nitrogen and oxygen atoms in total. The van der Waals surface area contributed by atoms with Crippen molar-refractivity contribution >= 4 is 11.8 Å². The van der Waals surface area contributed by atoms with Crippen LogP contribution in [-0.2, 0) is 6.54 Å². The zero-order chi connectivity index (χ0) is 16.2. The van der Waals surface area contributed by atoms with Crippen LogP contribution in [0.1, 0.15) is 33.3 Å². The molecule has 0 radical (unpaired) electrons. The molecule has 2 amide bonds. The summed E-state index contributed by atoms with van der Waals surface area (Å²) in [6.45, 7) is 3.17. The van der Waals surface area contributed by atoms with Gasteiger partial charge in [0.2, 0.25) is 5.89 Å². The maximum Gasteiger partial charge on any atom is 0.290 e. The largest absolute Gasteiger partial charge is 0.472 e. The summed E-state index contributed by atoms with van der Waals surface area (Å²) < 4.78 is 9.96. The first-order valence-corrected chi connectivity index (χ1v) is 7.29. The van der Waals surface area contributed by atoms with Gasteiger partial charge in [-0.25, -0.2) is 0 Å². The summed E-state index contributed by atoms with van der Waals surface area (Å²) in [6, 6.07) is 1.66. The number of nitrogens with two attached hydrogens (primary N) is 1. The first-order chi connectivity index (χ1) is 11.1. The second-order valence-electron chi connectivity index (χ2n) is 5.31. The van der Waals surface area contributed by atoms with Gasteiger partial charge in [0.1, 0.15) is 6.26 Å². The van der Waals surface area contributed by atoms with Crippen LogP contribution in [0.15, 0.2) is 27.5 Å². The van der Waals surface area contributed by atoms with E-state index in [1.54, 1.807) is 11.0 Å². The lowest BCUT2D eigenvalue weighted by molar-refractivity contribution is 0.0759. The SMILES string of the molecule is NC(=O)c1noc(CN2CCCN(C(=O)c3ccoc3)CC2)n1. The lowest BCUT2D eigenvalue weighted by Crippen LogP contribution is -2.34. The highest BCUT2D eigenvalue weighted by Gasteiger charge is 2.22. The molecule has 23 heavy (non-hydrogen) atoms. The van der Waals surface area contributed by atoms with Crippen LogP contribution in [0.5, 0.6) is 0 Å². The third-order valence-electron chi connectivity index (χ3n) is 3.69. The summed E-state index contributed by atoms with van der Waals surface area (Å²) in [5.41, 5.74) is 5.65. The summed E-state index contributed by atoms with van der Waals surface area (Å²) in [4.78, 5) is 31.1. The smallest absolute Gasteiger partial charge is 0.290 e. The topological polar surface area (TPSA) is 119 Å². The number of rotatable bonds is 4. The Morgan fingerprint density at radius 2 is 2.13 bits per heavy atom. The first kappa shape index (κ1) is 15.2. The van der Waals surface area contributed by atoms with Gasteiger partial charge in [-0.2, -0.15) is 4.98 Å². The van der Waals surface area contributed by atoms with Crippen LogP contribution in [0, 0.1) is 0 Å². The van der Waals surface area contributed by atoms with Crippen LogP contribution < -0.4 is 5.73 Å². The Kier molecular flexibility index (Phi) is 4.38. The standard InChI is InChI=1S/C14H17N5O4/c15-12(20)13-16-11(23-17-13)8-18-3-1-4-19(6-5-18)14(21)10-2-7-22-9-10/h2,7,9H,1,3-6,8H2,(H2,15,20). The molecule has 122 valence electrons. The number of amides is 2. The molecule has 0 saturated carbocycles. The van der Waals surface area contributed by atoms with Crippen molar-refractivity contribution in [2.24, 2.45) is 5.73 Å². The Morgan fingerprint density at radius 1 is 1.26 bits per heavy atom. The molecule has 2 aromatic heterocycles. The highest BCUT2D eigenvalue weighted by molar-refractivity contribution is 5.93. The summed E-state index contributed by atoms with van der Waals surface area (Å²) in [5, 5.41) is 3.52. The monoisotopic (exact) mass is 319 g/mol. The molecule has 1 aliphatic heterocycles. The minimum absolute atomic E-state index is 0.0330. The maximum atomic E-state index is 12.3. The number of carbonyl (C=O) groups is 2. The van der Waals surface area contributed by atoms with Gasteiger partial charge in [0.25, 0.3) is 17.6 Å². The van der Waals surface area contributed by atoms with E-state index in [4.69, 9.17) is 14.7 Å². The Morgan fingerprint density at radius 3 is 2.83 bits per heavy atom. The lowest BCUT2D eigenvalue weighted by atomic mass is 10.3. The van der Waals surface area contributed by atoms with Crippen LogP contribution in [0.4, 0.5) is 0 Å². The number of carbonyl (C=O) groups excluding carboxylic acids is 2. The molecule has 3 rings (SSSR count). The van der Waals surface area contributed by atoms with E-state index in [0.717, 1.165) is 13.0 Å². The summed E-state index contributed by atoms with van der Waals surface area (Å²) in [6.07, 6.45) is 3.78. The van der Waals surface area contributed by atoms with E-state index < -0.39 is 5.91 Å². The minimum Gasteiger partial charge on any atom is -0.472 e. The third-order valence-corrected chi connectivity index (χ3v) is 3.69.